The maximum atomic E-state index is 2.18. The van der Waals surface area contributed by atoms with E-state index in [1.54, 1.807) is 0 Å². The lowest BCUT2D eigenvalue weighted by molar-refractivity contribution is 1.11. The van der Waals surface area contributed by atoms with E-state index >= 15 is 0 Å². The Labute approximate surface area is 184 Å². The SMILES string of the molecule is CCc1ccccc1.CCc1ccccc1C.Cc1ccccc1.c1ccccc1. The van der Waals surface area contributed by atoms with Crippen molar-refractivity contribution in [3.63, 3.8) is 0 Å². The summed E-state index contributed by atoms with van der Waals surface area (Å²) in [6.45, 7) is 8.58. The number of benzene rings is 4. The second-order valence-corrected chi connectivity index (χ2v) is 6.93. The zero-order chi connectivity index (χ0) is 21.9. The topological polar surface area (TPSA) is 0 Å². The minimum atomic E-state index is 1.14. The molecule has 0 saturated carbocycles. The number of aryl methyl sites for hydroxylation is 4. The van der Waals surface area contributed by atoms with Crippen LogP contribution in [-0.4, -0.2) is 0 Å². The van der Waals surface area contributed by atoms with Gasteiger partial charge in [0, 0.05) is 0 Å². The Morgan fingerprint density at radius 1 is 0.433 bits per heavy atom. The molecule has 0 N–H and O–H groups in total. The smallest absolute Gasteiger partial charge is 0.0305 e. The number of hydrogen-bond donors (Lipinski definition) is 0. The first-order valence-corrected chi connectivity index (χ1v) is 10.8. The van der Waals surface area contributed by atoms with Crippen molar-refractivity contribution >= 4 is 0 Å². The molecule has 156 valence electrons. The molecule has 0 atom stereocenters. The van der Waals surface area contributed by atoms with Gasteiger partial charge in [-0.1, -0.05) is 141 Å². The highest BCUT2D eigenvalue weighted by atomic mass is 13.9. The molecule has 0 bridgehead atoms. The van der Waals surface area contributed by atoms with Crippen LogP contribution < -0.4 is 0 Å². The summed E-state index contributed by atoms with van der Waals surface area (Å²) < 4.78 is 0. The summed E-state index contributed by atoms with van der Waals surface area (Å²) in [5.74, 6) is 0. The predicted octanol–water partition coefficient (Wildman–Crippen LogP) is 8.49. The minimum absolute atomic E-state index is 1.14. The molecule has 4 rings (SSSR count). The Bertz CT molecular complexity index is 838. The summed E-state index contributed by atoms with van der Waals surface area (Å²) >= 11 is 0. The summed E-state index contributed by atoms with van der Waals surface area (Å²) in [6.07, 6.45) is 2.29. The zero-order valence-corrected chi connectivity index (χ0v) is 19.0. The van der Waals surface area contributed by atoms with Gasteiger partial charge in [-0.05, 0) is 43.4 Å². The van der Waals surface area contributed by atoms with Gasteiger partial charge in [0.05, 0.1) is 0 Å². The van der Waals surface area contributed by atoms with Crippen LogP contribution in [0, 0.1) is 13.8 Å². The molecular weight excluding hydrogens is 360 g/mol. The third-order valence-electron chi connectivity index (χ3n) is 4.50. The van der Waals surface area contributed by atoms with Crippen molar-refractivity contribution in [3.05, 3.63) is 144 Å². The van der Waals surface area contributed by atoms with E-state index in [1.165, 1.54) is 22.3 Å². The normalized spacial score (nSPS) is 8.93. The monoisotopic (exact) mass is 396 g/mol. The van der Waals surface area contributed by atoms with Gasteiger partial charge in [-0.25, -0.2) is 0 Å². The minimum Gasteiger partial charge on any atom is -0.0623 e. The molecule has 4 aromatic rings. The maximum absolute atomic E-state index is 2.18. The Morgan fingerprint density at radius 3 is 1.13 bits per heavy atom. The third-order valence-corrected chi connectivity index (χ3v) is 4.50. The standard InChI is InChI=1S/C9H12.C8H10.C7H8.C6H6/c1-3-9-7-5-4-6-8(9)2;1-2-8-6-4-3-5-7-8;1-7-5-3-2-4-6-7;1-2-4-6-5-3-1/h4-7H,3H2,1-2H3;3-7H,2H2,1H3;2-6H,1H3;1-6H. The van der Waals surface area contributed by atoms with Crippen LogP contribution >= 0.6 is 0 Å². The third kappa shape index (κ3) is 12.4. The predicted molar refractivity (Wildman–Crippen MR) is 134 cm³/mol. The Hall–Kier alpha value is -3.12. The van der Waals surface area contributed by atoms with Gasteiger partial charge in [-0.2, -0.15) is 0 Å². The highest BCUT2D eigenvalue weighted by molar-refractivity contribution is 5.25. The average molecular weight is 397 g/mol. The van der Waals surface area contributed by atoms with E-state index in [4.69, 9.17) is 0 Å². The van der Waals surface area contributed by atoms with E-state index in [-0.39, 0.29) is 0 Å². The summed E-state index contributed by atoms with van der Waals surface area (Å²) in [7, 11) is 0. The van der Waals surface area contributed by atoms with E-state index in [0.29, 0.717) is 0 Å². The molecule has 0 fully saturated rings. The molecule has 0 aromatic heterocycles. The van der Waals surface area contributed by atoms with Crippen LogP contribution in [0.5, 0.6) is 0 Å². The van der Waals surface area contributed by atoms with Gasteiger partial charge < -0.3 is 0 Å². The molecule has 0 aliphatic rings. The first-order valence-electron chi connectivity index (χ1n) is 10.8. The molecule has 0 saturated heterocycles. The van der Waals surface area contributed by atoms with Gasteiger partial charge in [0.2, 0.25) is 0 Å². The van der Waals surface area contributed by atoms with Crippen molar-refractivity contribution in [3.8, 4) is 0 Å². The second-order valence-electron chi connectivity index (χ2n) is 6.93. The van der Waals surface area contributed by atoms with Crippen LogP contribution in [0.4, 0.5) is 0 Å². The van der Waals surface area contributed by atoms with Crippen molar-refractivity contribution in [2.45, 2.75) is 40.5 Å². The summed E-state index contributed by atoms with van der Waals surface area (Å²) in [5.41, 5.74) is 5.59. The molecule has 0 amide bonds. The van der Waals surface area contributed by atoms with E-state index < -0.39 is 0 Å². The van der Waals surface area contributed by atoms with Crippen molar-refractivity contribution in [1.82, 2.24) is 0 Å². The van der Waals surface area contributed by atoms with Crippen molar-refractivity contribution in [2.24, 2.45) is 0 Å². The Kier molecular flexibility index (Phi) is 14.0. The highest BCUT2D eigenvalue weighted by Gasteiger charge is 1.89. The molecule has 0 radical (unpaired) electrons. The summed E-state index contributed by atoms with van der Waals surface area (Å²) in [6, 6.07) is 41.2. The van der Waals surface area contributed by atoms with Crippen LogP contribution in [0.3, 0.4) is 0 Å². The van der Waals surface area contributed by atoms with Gasteiger partial charge >= 0.3 is 0 Å². The Morgan fingerprint density at radius 2 is 0.833 bits per heavy atom. The van der Waals surface area contributed by atoms with Crippen LogP contribution in [0.25, 0.3) is 0 Å². The molecule has 0 heterocycles. The number of hydrogen-bond acceptors (Lipinski definition) is 0. The maximum Gasteiger partial charge on any atom is -0.0305 e. The van der Waals surface area contributed by atoms with E-state index in [1.807, 2.05) is 60.7 Å². The van der Waals surface area contributed by atoms with E-state index in [2.05, 4.69) is 88.4 Å². The summed E-state index contributed by atoms with van der Waals surface area (Å²) in [4.78, 5) is 0. The van der Waals surface area contributed by atoms with E-state index in [0.717, 1.165) is 12.8 Å². The molecule has 30 heavy (non-hydrogen) atoms. The van der Waals surface area contributed by atoms with Crippen LogP contribution in [-0.2, 0) is 12.8 Å². The van der Waals surface area contributed by atoms with Crippen molar-refractivity contribution in [1.29, 1.82) is 0 Å². The van der Waals surface area contributed by atoms with Crippen molar-refractivity contribution < 1.29 is 0 Å². The fourth-order valence-corrected chi connectivity index (χ4v) is 2.64. The molecule has 0 nitrogen and oxygen atoms in total. The van der Waals surface area contributed by atoms with Crippen molar-refractivity contribution in [2.75, 3.05) is 0 Å². The van der Waals surface area contributed by atoms with Crippen LogP contribution in [0.15, 0.2) is 121 Å². The van der Waals surface area contributed by atoms with Gasteiger partial charge in [-0.3, -0.25) is 0 Å². The van der Waals surface area contributed by atoms with E-state index in [9.17, 15) is 0 Å². The first-order chi connectivity index (χ1) is 14.7. The molecule has 0 unspecified atom stereocenters. The zero-order valence-electron chi connectivity index (χ0n) is 19.0. The molecule has 0 aliphatic heterocycles. The molecule has 0 heteroatoms. The molecular formula is C30H36. The highest BCUT2D eigenvalue weighted by Crippen LogP contribution is 2.06. The number of rotatable bonds is 2. The van der Waals surface area contributed by atoms with Gasteiger partial charge in [0.15, 0.2) is 0 Å². The van der Waals surface area contributed by atoms with Gasteiger partial charge in [0.25, 0.3) is 0 Å². The lowest BCUT2D eigenvalue weighted by atomic mass is 10.1. The quantitative estimate of drug-likeness (QED) is 0.318. The van der Waals surface area contributed by atoms with Crippen LogP contribution in [0.1, 0.15) is 36.1 Å². The van der Waals surface area contributed by atoms with Crippen LogP contribution in [0.2, 0.25) is 0 Å². The lowest BCUT2D eigenvalue weighted by Gasteiger charge is -1.98. The average Bonchev–Trinajstić information content (AvgIpc) is 2.83. The second kappa shape index (κ2) is 16.8. The fourth-order valence-electron chi connectivity index (χ4n) is 2.64. The lowest BCUT2D eigenvalue weighted by Crippen LogP contribution is -1.82. The summed E-state index contributed by atoms with van der Waals surface area (Å²) in [5, 5.41) is 0. The Balaban J connectivity index is 0.000000202. The molecule has 4 aromatic carbocycles. The molecule has 0 spiro atoms. The fraction of sp³-hybridized carbons (Fsp3) is 0.200. The largest absolute Gasteiger partial charge is 0.0623 e. The van der Waals surface area contributed by atoms with Gasteiger partial charge in [0.1, 0.15) is 0 Å². The molecule has 0 aliphatic carbocycles. The first kappa shape index (κ1) is 24.9. The van der Waals surface area contributed by atoms with Gasteiger partial charge in [-0.15, -0.1) is 0 Å².